The van der Waals surface area contributed by atoms with Crippen LogP contribution in [0.4, 0.5) is 0 Å². The number of rotatable bonds is 4. The highest BCUT2D eigenvalue weighted by atomic mass is 16.5. The van der Waals surface area contributed by atoms with Crippen molar-refractivity contribution in [2.24, 2.45) is 10.9 Å². The summed E-state index contributed by atoms with van der Waals surface area (Å²) < 4.78 is 5.56. The molecule has 4 rings (SSSR count). The summed E-state index contributed by atoms with van der Waals surface area (Å²) in [5.74, 6) is -0.880. The van der Waals surface area contributed by atoms with Crippen molar-refractivity contribution in [2.45, 2.75) is 58.5 Å². The number of nitrogens with zero attached hydrogens (tertiary/aromatic N) is 1. The first-order valence-corrected chi connectivity index (χ1v) is 11.0. The van der Waals surface area contributed by atoms with E-state index in [0.29, 0.717) is 17.7 Å². The van der Waals surface area contributed by atoms with Gasteiger partial charge in [0.05, 0.1) is 17.6 Å². The Morgan fingerprint density at radius 3 is 2.26 bits per heavy atom. The Morgan fingerprint density at radius 1 is 0.935 bits per heavy atom. The maximum Gasteiger partial charge on any atom is 0.336 e. The maximum atomic E-state index is 13.5. The first-order valence-electron chi connectivity index (χ1n) is 11.0. The van der Waals surface area contributed by atoms with Crippen LogP contribution in [0, 0.1) is 12.8 Å². The Kier molecular flexibility index (Phi) is 5.90. The van der Waals surface area contributed by atoms with Gasteiger partial charge in [-0.05, 0) is 51.2 Å². The molecule has 1 fully saturated rings. The number of carbonyl (C=O) groups excluding carboxylic acids is 2. The van der Waals surface area contributed by atoms with Crippen molar-refractivity contribution < 1.29 is 14.3 Å². The Hall–Kier alpha value is -3.01. The van der Waals surface area contributed by atoms with Gasteiger partial charge in [0, 0.05) is 23.7 Å². The van der Waals surface area contributed by atoms with Crippen LogP contribution < -0.4 is 0 Å². The third-order valence-electron chi connectivity index (χ3n) is 6.22. The second-order valence-electron chi connectivity index (χ2n) is 8.90. The van der Waals surface area contributed by atoms with Gasteiger partial charge in [0.2, 0.25) is 0 Å². The Labute approximate surface area is 184 Å². The van der Waals surface area contributed by atoms with Crippen LogP contribution in [0.15, 0.2) is 70.9 Å². The van der Waals surface area contributed by atoms with Crippen LogP contribution in [0.3, 0.4) is 0 Å². The molecule has 2 aliphatic rings. The van der Waals surface area contributed by atoms with Crippen molar-refractivity contribution >= 4 is 17.5 Å². The highest BCUT2D eigenvalue weighted by Gasteiger charge is 2.46. The largest absolute Gasteiger partial charge is 0.460 e. The third-order valence-corrected chi connectivity index (χ3v) is 6.22. The highest BCUT2D eigenvalue weighted by Crippen LogP contribution is 2.46. The van der Waals surface area contributed by atoms with E-state index >= 15 is 0 Å². The van der Waals surface area contributed by atoms with Gasteiger partial charge in [-0.25, -0.2) is 4.79 Å². The minimum atomic E-state index is -0.416. The predicted octanol–water partition coefficient (Wildman–Crippen LogP) is 5.52. The number of esters is 1. The number of ether oxygens (including phenoxy) is 1. The number of ketones is 1. The lowest BCUT2D eigenvalue weighted by Crippen LogP contribution is -2.41. The molecule has 31 heavy (non-hydrogen) atoms. The monoisotopic (exact) mass is 415 g/mol. The fraction of sp³-hybridized carbons (Fsp3) is 0.370. The minimum absolute atomic E-state index is 0.124. The van der Waals surface area contributed by atoms with E-state index in [1.807, 2.05) is 70.2 Å². The molecule has 1 aliphatic carbocycles. The van der Waals surface area contributed by atoms with Crippen LogP contribution in [-0.4, -0.2) is 23.6 Å². The highest BCUT2D eigenvalue weighted by molar-refractivity contribution is 6.12. The van der Waals surface area contributed by atoms with Gasteiger partial charge in [-0.1, -0.05) is 60.2 Å². The van der Waals surface area contributed by atoms with Crippen LogP contribution in [0.2, 0.25) is 0 Å². The molecule has 1 aliphatic heterocycles. The summed E-state index contributed by atoms with van der Waals surface area (Å²) in [4.78, 5) is 31.4. The summed E-state index contributed by atoms with van der Waals surface area (Å²) in [6, 6.07) is 18.3. The molecule has 160 valence electrons. The van der Waals surface area contributed by atoms with Gasteiger partial charge >= 0.3 is 5.97 Å². The number of fused-ring (bicyclic) bond motifs is 1. The quantitative estimate of drug-likeness (QED) is 0.618. The van der Waals surface area contributed by atoms with Gasteiger partial charge in [0.1, 0.15) is 5.78 Å². The van der Waals surface area contributed by atoms with E-state index in [2.05, 4.69) is 12.1 Å². The molecule has 2 aromatic rings. The molecular formula is C27H29NO3. The summed E-state index contributed by atoms with van der Waals surface area (Å²) in [7, 11) is 0. The molecule has 0 radical (unpaired) electrons. The summed E-state index contributed by atoms with van der Waals surface area (Å²) in [6.45, 7) is 7.56. The van der Waals surface area contributed by atoms with Crippen LogP contribution in [0.1, 0.15) is 62.1 Å². The summed E-state index contributed by atoms with van der Waals surface area (Å²) in [5, 5.41) is 0. The van der Waals surface area contributed by atoms with Crippen LogP contribution >= 0.6 is 0 Å². The molecule has 4 heteroatoms. The van der Waals surface area contributed by atoms with E-state index in [9.17, 15) is 9.59 Å². The fourth-order valence-electron chi connectivity index (χ4n) is 4.81. The first kappa shape index (κ1) is 21.2. The summed E-state index contributed by atoms with van der Waals surface area (Å²) in [5.41, 5.74) is 5.32. The number of hydrogen-bond donors (Lipinski definition) is 0. The summed E-state index contributed by atoms with van der Waals surface area (Å²) in [6.07, 6.45) is 0.954. The molecule has 0 amide bonds. The lowest BCUT2D eigenvalue weighted by atomic mass is 9.66. The smallest absolute Gasteiger partial charge is 0.336 e. The lowest BCUT2D eigenvalue weighted by molar-refractivity contribution is -0.143. The molecule has 0 saturated heterocycles. The number of allylic oxidation sites excluding steroid dienone is 1. The van der Waals surface area contributed by atoms with Crippen molar-refractivity contribution in [2.75, 3.05) is 0 Å². The van der Waals surface area contributed by atoms with E-state index in [0.717, 1.165) is 28.8 Å². The number of aliphatic imine (C=N–C) groups is 1. The zero-order valence-corrected chi connectivity index (χ0v) is 18.6. The van der Waals surface area contributed by atoms with Crippen LogP contribution in [0.5, 0.6) is 0 Å². The van der Waals surface area contributed by atoms with Gasteiger partial charge in [-0.3, -0.25) is 9.79 Å². The maximum absolute atomic E-state index is 13.5. The average molecular weight is 416 g/mol. The van der Waals surface area contributed by atoms with Crippen molar-refractivity contribution in [1.82, 2.24) is 0 Å². The molecule has 1 heterocycles. The Morgan fingerprint density at radius 2 is 1.61 bits per heavy atom. The van der Waals surface area contributed by atoms with Gasteiger partial charge in [-0.2, -0.15) is 0 Å². The SMILES string of the molecule is CC1=C(C(=O)OC(C)C)[C@@H](c2ccc(C)cc2)C2C(=O)C[C@H](c3ccccc3)CC2=N1. The van der Waals surface area contributed by atoms with Crippen LogP contribution in [-0.2, 0) is 14.3 Å². The normalized spacial score (nSPS) is 23.5. The third kappa shape index (κ3) is 4.25. The van der Waals surface area contributed by atoms with E-state index < -0.39 is 5.92 Å². The van der Waals surface area contributed by atoms with Crippen molar-refractivity contribution in [3.8, 4) is 0 Å². The standard InChI is InChI=1S/C27H29NO3/c1-16(2)31-27(30)24-18(4)28-22-14-21(19-8-6-5-7-9-19)15-23(29)26(22)25(24)20-12-10-17(3)11-13-20/h5-13,16,21,25-26H,14-15H2,1-4H3/t21-,25-,26?/m1/s1. The molecule has 2 aromatic carbocycles. The first-order chi connectivity index (χ1) is 14.8. The molecule has 0 bridgehead atoms. The molecule has 1 saturated carbocycles. The van der Waals surface area contributed by atoms with Gasteiger partial charge in [-0.15, -0.1) is 0 Å². The number of benzene rings is 2. The molecule has 0 aromatic heterocycles. The molecule has 4 nitrogen and oxygen atoms in total. The predicted molar refractivity (Wildman–Crippen MR) is 122 cm³/mol. The molecule has 0 N–H and O–H groups in total. The molecular weight excluding hydrogens is 386 g/mol. The molecule has 1 unspecified atom stereocenters. The second kappa shape index (κ2) is 8.62. The van der Waals surface area contributed by atoms with E-state index in [1.54, 1.807) is 0 Å². The van der Waals surface area contributed by atoms with Crippen molar-refractivity contribution in [3.63, 3.8) is 0 Å². The number of Topliss-reactive ketones (excluding diaryl/α,β-unsaturated/α-hetero) is 1. The zero-order chi connectivity index (χ0) is 22.1. The number of hydrogen-bond acceptors (Lipinski definition) is 4. The van der Waals surface area contributed by atoms with Gasteiger partial charge in [0.25, 0.3) is 0 Å². The van der Waals surface area contributed by atoms with E-state index in [-0.39, 0.29) is 29.7 Å². The average Bonchev–Trinajstić information content (AvgIpc) is 2.73. The van der Waals surface area contributed by atoms with Crippen molar-refractivity contribution in [1.29, 1.82) is 0 Å². The van der Waals surface area contributed by atoms with E-state index in [1.165, 1.54) is 0 Å². The Bertz CT molecular complexity index is 1050. The second-order valence-corrected chi connectivity index (χ2v) is 8.90. The topological polar surface area (TPSA) is 55.7 Å². The molecule has 3 atom stereocenters. The minimum Gasteiger partial charge on any atom is -0.460 e. The van der Waals surface area contributed by atoms with E-state index in [4.69, 9.17) is 9.73 Å². The van der Waals surface area contributed by atoms with Crippen molar-refractivity contribution in [3.05, 3.63) is 82.6 Å². The number of aryl methyl sites for hydroxylation is 1. The fourth-order valence-corrected chi connectivity index (χ4v) is 4.81. The zero-order valence-electron chi connectivity index (χ0n) is 18.6. The van der Waals surface area contributed by atoms with Gasteiger partial charge < -0.3 is 4.74 Å². The van der Waals surface area contributed by atoms with Gasteiger partial charge in [0.15, 0.2) is 0 Å². The Balaban J connectivity index is 1.79. The summed E-state index contributed by atoms with van der Waals surface area (Å²) >= 11 is 0. The number of carbonyl (C=O) groups is 2. The lowest BCUT2D eigenvalue weighted by Gasteiger charge is -2.38. The molecule has 0 spiro atoms. The van der Waals surface area contributed by atoms with Crippen LogP contribution in [0.25, 0.3) is 0 Å².